The van der Waals surface area contributed by atoms with Crippen LogP contribution in [-0.4, -0.2) is 11.9 Å². The zero-order chi connectivity index (χ0) is 11.0. The predicted molar refractivity (Wildman–Crippen MR) is 46.9 cm³/mol. The second-order valence-electron chi connectivity index (χ2n) is 3.09. The van der Waals surface area contributed by atoms with Crippen LogP contribution in [-0.2, 0) is 9.59 Å². The molecule has 6 heteroatoms. The number of carbonyl (C=O) groups is 2. The van der Waals surface area contributed by atoms with Gasteiger partial charge in [0.05, 0.1) is 11.9 Å². The molecule has 0 unspecified atom stereocenters. The number of aliphatic carboxylic acids is 2. The molecule has 0 aromatic heterocycles. The molecule has 0 radical (unpaired) electrons. The van der Waals surface area contributed by atoms with Crippen LogP contribution in [0, 0.1) is 0 Å². The summed E-state index contributed by atoms with van der Waals surface area (Å²) in [4.78, 5) is 20.6. The van der Waals surface area contributed by atoms with Gasteiger partial charge in [-0.3, -0.25) is 0 Å². The van der Waals surface area contributed by atoms with Gasteiger partial charge in [-0.15, -0.1) is 0 Å². The van der Waals surface area contributed by atoms with Crippen LogP contribution in [0.15, 0.2) is 11.6 Å². The molecule has 0 aliphatic heterocycles. The van der Waals surface area contributed by atoms with E-state index in [0.717, 1.165) is 19.3 Å². The third-order valence-corrected chi connectivity index (χ3v) is 1.85. The first-order valence-electron chi connectivity index (χ1n) is 4.70. The number of hydrogen-bond acceptors (Lipinski definition) is 4. The zero-order valence-corrected chi connectivity index (χ0v) is 14.2. The van der Waals surface area contributed by atoms with Crippen molar-refractivity contribution in [2.45, 2.75) is 39.0 Å². The van der Waals surface area contributed by atoms with E-state index in [2.05, 4.69) is 0 Å². The first-order chi connectivity index (χ1) is 6.57. The number of rotatable bonds is 7. The monoisotopic (exact) mass is 244 g/mol. The Labute approximate surface area is 140 Å². The second-order valence-corrected chi connectivity index (χ2v) is 3.09. The van der Waals surface area contributed by atoms with Gasteiger partial charge in [-0.05, 0) is 24.5 Å². The van der Waals surface area contributed by atoms with Crippen LogP contribution in [0.5, 0.6) is 0 Å². The fourth-order valence-electron chi connectivity index (χ4n) is 1.12. The number of carboxylic acid groups (broad SMARTS) is 2. The Morgan fingerprint density at radius 3 is 2.00 bits per heavy atom. The van der Waals surface area contributed by atoms with Gasteiger partial charge < -0.3 is 19.8 Å². The maximum atomic E-state index is 10.4. The molecule has 16 heavy (non-hydrogen) atoms. The van der Waals surface area contributed by atoms with E-state index < -0.39 is 11.9 Å². The van der Waals surface area contributed by atoms with E-state index in [-0.39, 0.29) is 71.1 Å². The molecule has 0 amide bonds. The van der Waals surface area contributed by atoms with E-state index in [4.69, 9.17) is 0 Å². The molecule has 0 bridgehead atoms. The fourth-order valence-corrected chi connectivity index (χ4v) is 1.12. The minimum Gasteiger partial charge on any atom is -0.545 e. The van der Waals surface area contributed by atoms with E-state index in [9.17, 15) is 19.8 Å². The van der Waals surface area contributed by atoms with Gasteiger partial charge in [0, 0.05) is 0 Å². The molecular weight excluding hydrogens is 230 g/mol. The summed E-state index contributed by atoms with van der Waals surface area (Å²) in [5.74, 6) is -2.91. The van der Waals surface area contributed by atoms with Crippen molar-refractivity contribution in [2.75, 3.05) is 0 Å². The van der Waals surface area contributed by atoms with Gasteiger partial charge in [0.2, 0.25) is 0 Å². The van der Waals surface area contributed by atoms with Crippen molar-refractivity contribution >= 4 is 11.9 Å². The average molecular weight is 244 g/mol. The number of unbranched alkanes of at least 4 members (excludes halogenated alkanes) is 3. The van der Waals surface area contributed by atoms with Gasteiger partial charge >= 0.3 is 59.1 Å². The van der Waals surface area contributed by atoms with Gasteiger partial charge in [0.1, 0.15) is 0 Å². The second kappa shape index (κ2) is 13.7. The van der Waals surface area contributed by atoms with Crippen molar-refractivity contribution in [1.82, 2.24) is 0 Å². The van der Waals surface area contributed by atoms with Crippen molar-refractivity contribution in [3.05, 3.63) is 11.6 Å². The minimum atomic E-state index is -1.49. The molecule has 0 aliphatic carbocycles. The molecule has 4 nitrogen and oxygen atoms in total. The standard InChI is InChI=1S/C10H16O4.2Na/c1-2-3-4-5-6-8(10(13)14)7-9(11)12;;/h7H,2-6H2,1H3,(H,11,12)(H,13,14);;/q;2*+1/p-2. The Kier molecular flexibility index (Phi) is 18.8. The Morgan fingerprint density at radius 1 is 1.06 bits per heavy atom. The quantitative estimate of drug-likeness (QED) is 0.253. The van der Waals surface area contributed by atoms with Gasteiger partial charge in [0.25, 0.3) is 0 Å². The Balaban J connectivity index is -0.000000845. The molecule has 0 saturated carbocycles. The van der Waals surface area contributed by atoms with E-state index in [1.807, 2.05) is 6.92 Å². The molecule has 0 atom stereocenters. The average Bonchev–Trinajstić information content (AvgIpc) is 2.09. The first-order valence-corrected chi connectivity index (χ1v) is 4.70. The van der Waals surface area contributed by atoms with Crippen LogP contribution < -0.4 is 69.3 Å². The summed E-state index contributed by atoms with van der Waals surface area (Å²) in [6, 6.07) is 0. The minimum absolute atomic E-state index is 0. The van der Waals surface area contributed by atoms with Crippen LogP contribution in [0.2, 0.25) is 0 Å². The van der Waals surface area contributed by atoms with Crippen molar-refractivity contribution in [3.63, 3.8) is 0 Å². The number of carbonyl (C=O) groups excluding carboxylic acids is 2. The molecule has 0 heterocycles. The van der Waals surface area contributed by atoms with Crippen molar-refractivity contribution in [2.24, 2.45) is 0 Å². The van der Waals surface area contributed by atoms with Crippen molar-refractivity contribution in [1.29, 1.82) is 0 Å². The smallest absolute Gasteiger partial charge is 0.545 e. The molecule has 0 N–H and O–H groups in total. The topological polar surface area (TPSA) is 80.3 Å². The van der Waals surface area contributed by atoms with Crippen LogP contribution in [0.3, 0.4) is 0 Å². The van der Waals surface area contributed by atoms with Crippen LogP contribution in [0.25, 0.3) is 0 Å². The van der Waals surface area contributed by atoms with E-state index in [1.54, 1.807) is 0 Å². The normalized spacial score (nSPS) is 9.94. The van der Waals surface area contributed by atoms with Gasteiger partial charge in [-0.1, -0.05) is 26.2 Å². The summed E-state index contributed by atoms with van der Waals surface area (Å²) in [5, 5.41) is 20.6. The molecule has 0 saturated heterocycles. The van der Waals surface area contributed by atoms with E-state index >= 15 is 0 Å². The van der Waals surface area contributed by atoms with Crippen LogP contribution in [0.1, 0.15) is 39.0 Å². The number of hydrogen-bond donors (Lipinski definition) is 0. The maximum Gasteiger partial charge on any atom is 1.00 e. The summed E-state index contributed by atoms with van der Waals surface area (Å²) in [6.45, 7) is 2.04. The molecular formula is C10H14Na2O4. The first kappa shape index (κ1) is 21.9. The third kappa shape index (κ3) is 12.7. The van der Waals surface area contributed by atoms with Crippen LogP contribution >= 0.6 is 0 Å². The molecule has 0 spiro atoms. The number of carboxylic acids is 2. The van der Waals surface area contributed by atoms with Crippen molar-refractivity contribution in [3.8, 4) is 0 Å². The summed E-state index contributed by atoms with van der Waals surface area (Å²) >= 11 is 0. The van der Waals surface area contributed by atoms with Crippen molar-refractivity contribution < 1.29 is 78.9 Å². The summed E-state index contributed by atoms with van der Waals surface area (Å²) < 4.78 is 0. The Morgan fingerprint density at radius 2 is 1.62 bits per heavy atom. The predicted octanol–water partition coefficient (Wildman–Crippen LogP) is -6.61. The molecule has 0 aliphatic rings. The van der Waals surface area contributed by atoms with E-state index in [0.29, 0.717) is 12.5 Å². The Bertz CT molecular complexity index is 239. The molecule has 0 aromatic carbocycles. The summed E-state index contributed by atoms with van der Waals surface area (Å²) in [5.41, 5.74) is -0.193. The van der Waals surface area contributed by atoms with E-state index in [1.165, 1.54) is 0 Å². The molecule has 0 fully saturated rings. The zero-order valence-electron chi connectivity index (χ0n) is 10.2. The molecule has 80 valence electrons. The summed E-state index contributed by atoms with van der Waals surface area (Å²) in [7, 11) is 0. The molecule has 0 rings (SSSR count). The maximum absolute atomic E-state index is 10.4. The van der Waals surface area contributed by atoms with Crippen LogP contribution in [0.4, 0.5) is 0 Å². The SMILES string of the molecule is CCCCCCC(=CC(=O)[O-])C(=O)[O-].[Na+].[Na+]. The largest absolute Gasteiger partial charge is 1.00 e. The molecule has 0 aromatic rings. The summed E-state index contributed by atoms with van der Waals surface area (Å²) in [6.07, 6.45) is 4.46. The van der Waals surface area contributed by atoms with Gasteiger partial charge in [-0.25, -0.2) is 0 Å². The van der Waals surface area contributed by atoms with Gasteiger partial charge in [-0.2, -0.15) is 0 Å². The Hall–Kier alpha value is 0.680. The third-order valence-electron chi connectivity index (χ3n) is 1.85. The fraction of sp³-hybridized carbons (Fsp3) is 0.600. The van der Waals surface area contributed by atoms with Gasteiger partial charge in [0.15, 0.2) is 0 Å².